The second-order valence-corrected chi connectivity index (χ2v) is 4.95. The molecule has 0 bridgehead atoms. The zero-order chi connectivity index (χ0) is 13.0. The molecule has 2 aromatic rings. The Hall–Kier alpha value is -1.72. The summed E-state index contributed by atoms with van der Waals surface area (Å²) in [5, 5.41) is 6.33. The van der Waals surface area contributed by atoms with Crippen LogP contribution in [-0.4, -0.2) is 10.9 Å². The van der Waals surface area contributed by atoms with Crippen molar-refractivity contribution in [2.24, 2.45) is 5.73 Å². The normalized spacial score (nSPS) is 10.5. The molecule has 0 unspecified atom stereocenters. The molecule has 1 heterocycles. The zero-order valence-corrected chi connectivity index (χ0v) is 11.0. The van der Waals surface area contributed by atoms with Crippen LogP contribution in [0.2, 0.25) is 0 Å². The number of nitrogens with one attached hydrogen (secondary N) is 1. The highest BCUT2D eigenvalue weighted by atomic mass is 32.1. The number of hydrogen-bond donors (Lipinski definition) is 2. The van der Waals surface area contributed by atoms with Crippen LogP contribution in [0.15, 0.2) is 29.6 Å². The van der Waals surface area contributed by atoms with Gasteiger partial charge in [-0.1, -0.05) is 18.2 Å². The third-order valence-electron chi connectivity index (χ3n) is 2.54. The van der Waals surface area contributed by atoms with Crippen LogP contribution >= 0.6 is 11.3 Å². The molecule has 18 heavy (non-hydrogen) atoms. The van der Waals surface area contributed by atoms with Crippen molar-refractivity contribution in [1.29, 1.82) is 0 Å². The summed E-state index contributed by atoms with van der Waals surface area (Å²) in [6, 6.07) is 7.36. The van der Waals surface area contributed by atoms with E-state index in [0.29, 0.717) is 18.7 Å². The minimum atomic E-state index is -0.391. The van der Waals surface area contributed by atoms with Gasteiger partial charge >= 0.3 is 0 Å². The van der Waals surface area contributed by atoms with E-state index in [0.717, 1.165) is 16.3 Å². The van der Waals surface area contributed by atoms with Crippen molar-refractivity contribution < 1.29 is 4.79 Å². The van der Waals surface area contributed by atoms with Crippen LogP contribution in [0.4, 0.5) is 0 Å². The summed E-state index contributed by atoms with van der Waals surface area (Å²) in [6.45, 7) is 3.28. The molecule has 0 atom stereocenters. The molecule has 94 valence electrons. The fourth-order valence-electron chi connectivity index (χ4n) is 1.70. The second kappa shape index (κ2) is 5.75. The average Bonchev–Trinajstić information content (AvgIpc) is 2.75. The van der Waals surface area contributed by atoms with Crippen molar-refractivity contribution >= 4 is 17.2 Å². The van der Waals surface area contributed by atoms with E-state index < -0.39 is 5.91 Å². The van der Waals surface area contributed by atoms with Gasteiger partial charge in [0.2, 0.25) is 5.91 Å². The van der Waals surface area contributed by atoms with Crippen molar-refractivity contribution in [3.05, 3.63) is 51.5 Å². The number of carbonyl (C=O) groups is 1. The first-order valence-electron chi connectivity index (χ1n) is 5.66. The van der Waals surface area contributed by atoms with E-state index in [4.69, 9.17) is 5.73 Å². The summed E-state index contributed by atoms with van der Waals surface area (Å²) in [5.74, 6) is -0.391. The minimum absolute atomic E-state index is 0.391. The number of benzene rings is 1. The number of thiazole rings is 1. The van der Waals surface area contributed by atoms with E-state index in [1.807, 2.05) is 30.5 Å². The number of amides is 1. The lowest BCUT2D eigenvalue weighted by Gasteiger charge is -2.07. The summed E-state index contributed by atoms with van der Waals surface area (Å²) in [6.07, 6.45) is 0. The molecule has 0 aliphatic rings. The molecule has 0 aliphatic heterocycles. The van der Waals surface area contributed by atoms with Crippen LogP contribution in [0, 0.1) is 6.92 Å². The molecule has 0 spiro atoms. The largest absolute Gasteiger partial charge is 0.366 e. The molecular formula is C13H15N3OS. The maximum atomic E-state index is 11.2. The molecule has 1 aromatic carbocycles. The SMILES string of the molecule is Cc1csc(CNCc2ccccc2C(N)=O)n1. The number of hydrogen-bond acceptors (Lipinski definition) is 4. The molecule has 0 aliphatic carbocycles. The first-order valence-corrected chi connectivity index (χ1v) is 6.54. The first-order chi connectivity index (χ1) is 8.66. The molecule has 1 amide bonds. The fraction of sp³-hybridized carbons (Fsp3) is 0.231. The average molecular weight is 261 g/mol. The highest BCUT2D eigenvalue weighted by Gasteiger charge is 2.06. The highest BCUT2D eigenvalue weighted by Crippen LogP contribution is 2.10. The van der Waals surface area contributed by atoms with Crippen LogP contribution in [0.1, 0.15) is 26.6 Å². The number of aryl methyl sites for hydroxylation is 1. The Bertz CT molecular complexity index is 551. The smallest absolute Gasteiger partial charge is 0.249 e. The van der Waals surface area contributed by atoms with Gasteiger partial charge in [-0.2, -0.15) is 0 Å². The number of nitrogens with two attached hydrogens (primary N) is 1. The van der Waals surface area contributed by atoms with Crippen molar-refractivity contribution in [3.63, 3.8) is 0 Å². The molecule has 0 saturated carbocycles. The van der Waals surface area contributed by atoms with Gasteiger partial charge in [-0.15, -0.1) is 11.3 Å². The zero-order valence-electron chi connectivity index (χ0n) is 10.1. The summed E-state index contributed by atoms with van der Waals surface area (Å²) >= 11 is 1.63. The number of nitrogens with zero attached hydrogens (tertiary/aromatic N) is 1. The fourth-order valence-corrected chi connectivity index (χ4v) is 2.44. The lowest BCUT2D eigenvalue weighted by molar-refractivity contribution is 0.0999. The maximum absolute atomic E-state index is 11.2. The van der Waals surface area contributed by atoms with Gasteiger partial charge in [0, 0.05) is 29.7 Å². The van der Waals surface area contributed by atoms with E-state index >= 15 is 0 Å². The van der Waals surface area contributed by atoms with Gasteiger partial charge in [0.25, 0.3) is 0 Å². The predicted molar refractivity (Wildman–Crippen MR) is 72.4 cm³/mol. The van der Waals surface area contributed by atoms with Gasteiger partial charge < -0.3 is 11.1 Å². The van der Waals surface area contributed by atoms with E-state index in [1.54, 1.807) is 17.4 Å². The lowest BCUT2D eigenvalue weighted by atomic mass is 10.1. The standard InChI is InChI=1S/C13H15N3OS/c1-9-8-18-12(16-9)7-15-6-10-4-2-3-5-11(10)13(14)17/h2-5,8,15H,6-7H2,1H3,(H2,14,17). The molecular weight excluding hydrogens is 246 g/mol. The molecule has 0 fully saturated rings. The Morgan fingerprint density at radius 1 is 1.39 bits per heavy atom. The van der Waals surface area contributed by atoms with Crippen LogP contribution in [0.5, 0.6) is 0 Å². The quantitative estimate of drug-likeness (QED) is 0.863. The highest BCUT2D eigenvalue weighted by molar-refractivity contribution is 7.09. The van der Waals surface area contributed by atoms with E-state index in [2.05, 4.69) is 10.3 Å². The van der Waals surface area contributed by atoms with Crippen LogP contribution in [0.25, 0.3) is 0 Å². The summed E-state index contributed by atoms with van der Waals surface area (Å²) in [5.41, 5.74) is 7.84. The monoisotopic (exact) mass is 261 g/mol. The molecule has 0 saturated heterocycles. The molecule has 2 rings (SSSR count). The summed E-state index contributed by atoms with van der Waals surface area (Å²) in [7, 11) is 0. The van der Waals surface area contributed by atoms with Crippen molar-refractivity contribution in [2.75, 3.05) is 0 Å². The number of rotatable bonds is 5. The molecule has 3 N–H and O–H groups in total. The van der Waals surface area contributed by atoms with Crippen molar-refractivity contribution in [3.8, 4) is 0 Å². The van der Waals surface area contributed by atoms with Gasteiger partial charge in [-0.25, -0.2) is 4.98 Å². The first kappa shape index (κ1) is 12.7. The van der Waals surface area contributed by atoms with E-state index in [-0.39, 0.29) is 0 Å². The number of carbonyl (C=O) groups excluding carboxylic acids is 1. The van der Waals surface area contributed by atoms with Gasteiger partial charge in [-0.3, -0.25) is 4.79 Å². The topological polar surface area (TPSA) is 68.0 Å². The molecule has 0 radical (unpaired) electrons. The Balaban J connectivity index is 1.96. The third-order valence-corrected chi connectivity index (χ3v) is 3.51. The number of aromatic nitrogens is 1. The third kappa shape index (κ3) is 3.15. The van der Waals surface area contributed by atoms with Crippen molar-refractivity contribution in [1.82, 2.24) is 10.3 Å². The van der Waals surface area contributed by atoms with Gasteiger partial charge in [-0.05, 0) is 18.6 Å². The van der Waals surface area contributed by atoms with Crippen molar-refractivity contribution in [2.45, 2.75) is 20.0 Å². The second-order valence-electron chi connectivity index (χ2n) is 4.01. The molecule has 4 nitrogen and oxygen atoms in total. The molecule has 1 aromatic heterocycles. The van der Waals surface area contributed by atoms with Crippen LogP contribution in [0.3, 0.4) is 0 Å². The summed E-state index contributed by atoms with van der Waals surface area (Å²) < 4.78 is 0. The number of primary amides is 1. The van der Waals surface area contributed by atoms with Crippen LogP contribution in [-0.2, 0) is 13.1 Å². The lowest BCUT2D eigenvalue weighted by Crippen LogP contribution is -2.18. The maximum Gasteiger partial charge on any atom is 0.249 e. The van der Waals surface area contributed by atoms with Gasteiger partial charge in [0.05, 0.1) is 0 Å². The van der Waals surface area contributed by atoms with Gasteiger partial charge in [0.15, 0.2) is 0 Å². The Morgan fingerprint density at radius 3 is 2.83 bits per heavy atom. The van der Waals surface area contributed by atoms with Crippen LogP contribution < -0.4 is 11.1 Å². The van der Waals surface area contributed by atoms with E-state index in [9.17, 15) is 4.79 Å². The van der Waals surface area contributed by atoms with E-state index in [1.165, 1.54) is 0 Å². The van der Waals surface area contributed by atoms with Gasteiger partial charge in [0.1, 0.15) is 5.01 Å². The predicted octanol–water partition coefficient (Wildman–Crippen LogP) is 1.84. The minimum Gasteiger partial charge on any atom is -0.366 e. The molecule has 5 heteroatoms. The Morgan fingerprint density at radius 2 is 2.17 bits per heavy atom. The Labute approximate surface area is 110 Å². The Kier molecular flexibility index (Phi) is 4.07. The summed E-state index contributed by atoms with van der Waals surface area (Å²) in [4.78, 5) is 15.6.